The Labute approximate surface area is 63.6 Å². The van der Waals surface area contributed by atoms with E-state index in [1.165, 1.54) is 16.7 Å². The van der Waals surface area contributed by atoms with Crippen LogP contribution in [0, 0.1) is 0 Å². The van der Waals surface area contributed by atoms with Crippen LogP contribution in [-0.2, 0) is 0 Å². The summed E-state index contributed by atoms with van der Waals surface area (Å²) in [5.74, 6) is 0. The molecule has 0 saturated carbocycles. The van der Waals surface area contributed by atoms with Gasteiger partial charge in [-0.1, -0.05) is 22.8 Å². The quantitative estimate of drug-likeness (QED) is 0.583. The summed E-state index contributed by atoms with van der Waals surface area (Å²) in [4.78, 5) is 0. The molecule has 0 bridgehead atoms. The van der Waals surface area contributed by atoms with Gasteiger partial charge < -0.3 is 5.73 Å². The highest BCUT2D eigenvalue weighted by Crippen LogP contribution is 2.05. The normalized spacial score (nSPS) is 12.5. The van der Waals surface area contributed by atoms with E-state index in [2.05, 4.69) is 33.8 Å². The van der Waals surface area contributed by atoms with Crippen LogP contribution >= 0.6 is 0 Å². The van der Waals surface area contributed by atoms with Gasteiger partial charge in [0.1, 0.15) is 0 Å². The van der Waals surface area contributed by atoms with Crippen LogP contribution in [0.3, 0.4) is 0 Å². The van der Waals surface area contributed by atoms with Crippen LogP contribution in [0.5, 0.6) is 0 Å². The number of nitrogens with two attached hydrogens (primary N) is 1. The first-order valence-electron chi connectivity index (χ1n) is 3.59. The predicted octanol–water partition coefficient (Wildman–Crippen LogP) is 2.25. The third-order valence-electron chi connectivity index (χ3n) is 1.48. The van der Waals surface area contributed by atoms with Crippen molar-refractivity contribution in [3.05, 3.63) is 22.8 Å². The first-order chi connectivity index (χ1) is 4.57. The molecule has 1 heteroatoms. The highest BCUT2D eigenvalue weighted by Gasteiger charge is 1.89. The molecule has 0 fully saturated rings. The molecule has 2 N–H and O–H groups in total. The SMILES string of the molecule is CC(C)=C/C(C)=C(/C)CN. The van der Waals surface area contributed by atoms with E-state index < -0.39 is 0 Å². The lowest BCUT2D eigenvalue weighted by molar-refractivity contribution is 1.10. The topological polar surface area (TPSA) is 26.0 Å². The molecule has 0 aromatic carbocycles. The van der Waals surface area contributed by atoms with Gasteiger partial charge in [0.05, 0.1) is 0 Å². The van der Waals surface area contributed by atoms with Crippen LogP contribution in [0.2, 0.25) is 0 Å². The Morgan fingerprint density at radius 3 is 2.00 bits per heavy atom. The summed E-state index contributed by atoms with van der Waals surface area (Å²) in [6, 6.07) is 0. The molecule has 0 aromatic heterocycles. The van der Waals surface area contributed by atoms with Crippen LogP contribution in [0.4, 0.5) is 0 Å². The van der Waals surface area contributed by atoms with Gasteiger partial charge in [-0.2, -0.15) is 0 Å². The van der Waals surface area contributed by atoms with E-state index in [1.807, 2.05) is 0 Å². The highest BCUT2D eigenvalue weighted by atomic mass is 14.5. The third-order valence-corrected chi connectivity index (χ3v) is 1.48. The molecule has 10 heavy (non-hydrogen) atoms. The van der Waals surface area contributed by atoms with Crippen LogP contribution in [-0.4, -0.2) is 6.54 Å². The molecule has 0 amide bonds. The van der Waals surface area contributed by atoms with Crippen LogP contribution in [0.25, 0.3) is 0 Å². The maximum atomic E-state index is 5.46. The summed E-state index contributed by atoms with van der Waals surface area (Å²) in [5, 5.41) is 0. The van der Waals surface area contributed by atoms with Gasteiger partial charge in [0, 0.05) is 6.54 Å². The lowest BCUT2D eigenvalue weighted by Gasteiger charge is -1.99. The number of allylic oxidation sites excluding steroid dienone is 3. The third kappa shape index (κ3) is 3.46. The van der Waals surface area contributed by atoms with Crippen molar-refractivity contribution in [2.24, 2.45) is 5.73 Å². The van der Waals surface area contributed by atoms with Crippen molar-refractivity contribution in [1.29, 1.82) is 0 Å². The fraction of sp³-hybridized carbons (Fsp3) is 0.556. The first kappa shape index (κ1) is 9.44. The molecule has 0 saturated heterocycles. The Kier molecular flexibility index (Phi) is 4.05. The van der Waals surface area contributed by atoms with Crippen molar-refractivity contribution in [2.45, 2.75) is 27.7 Å². The standard InChI is InChI=1S/C9H17N/c1-7(2)5-8(3)9(4)6-10/h5H,6,10H2,1-4H3/b9-8-. The molecular weight excluding hydrogens is 122 g/mol. The van der Waals surface area contributed by atoms with E-state index in [9.17, 15) is 0 Å². The average Bonchev–Trinajstić information content (AvgIpc) is 1.85. The largest absolute Gasteiger partial charge is 0.327 e. The lowest BCUT2D eigenvalue weighted by atomic mass is 10.1. The molecule has 0 unspecified atom stereocenters. The second kappa shape index (κ2) is 4.29. The van der Waals surface area contributed by atoms with Crippen molar-refractivity contribution in [1.82, 2.24) is 0 Å². The zero-order chi connectivity index (χ0) is 8.15. The molecule has 1 nitrogen and oxygen atoms in total. The van der Waals surface area contributed by atoms with E-state index in [0.717, 1.165) is 0 Å². The molecular formula is C9H17N. The van der Waals surface area contributed by atoms with Gasteiger partial charge in [0.25, 0.3) is 0 Å². The van der Waals surface area contributed by atoms with Gasteiger partial charge in [0.15, 0.2) is 0 Å². The van der Waals surface area contributed by atoms with Crippen LogP contribution in [0.15, 0.2) is 22.8 Å². The minimum Gasteiger partial charge on any atom is -0.327 e. The summed E-state index contributed by atoms with van der Waals surface area (Å²) in [5.41, 5.74) is 9.34. The van der Waals surface area contributed by atoms with Crippen LogP contribution < -0.4 is 5.73 Å². The van der Waals surface area contributed by atoms with E-state index in [0.29, 0.717) is 6.54 Å². The molecule has 0 aromatic rings. The molecule has 0 radical (unpaired) electrons. The Bertz CT molecular complexity index is 160. The summed E-state index contributed by atoms with van der Waals surface area (Å²) in [6.07, 6.45) is 2.15. The van der Waals surface area contributed by atoms with E-state index in [1.54, 1.807) is 0 Å². The summed E-state index contributed by atoms with van der Waals surface area (Å²) in [7, 11) is 0. The number of hydrogen-bond acceptors (Lipinski definition) is 1. The zero-order valence-corrected chi connectivity index (χ0v) is 7.36. The van der Waals surface area contributed by atoms with Crippen molar-refractivity contribution < 1.29 is 0 Å². The predicted molar refractivity (Wildman–Crippen MR) is 46.9 cm³/mol. The van der Waals surface area contributed by atoms with Gasteiger partial charge in [-0.15, -0.1) is 0 Å². The number of hydrogen-bond donors (Lipinski definition) is 1. The fourth-order valence-electron chi connectivity index (χ4n) is 0.717. The average molecular weight is 139 g/mol. The Balaban J connectivity index is 4.33. The van der Waals surface area contributed by atoms with Crippen molar-refractivity contribution in [2.75, 3.05) is 6.54 Å². The second-order valence-electron chi connectivity index (χ2n) is 2.89. The summed E-state index contributed by atoms with van der Waals surface area (Å²) < 4.78 is 0. The summed E-state index contributed by atoms with van der Waals surface area (Å²) >= 11 is 0. The minimum atomic E-state index is 0.662. The molecule has 0 atom stereocenters. The van der Waals surface area contributed by atoms with E-state index in [-0.39, 0.29) is 0 Å². The van der Waals surface area contributed by atoms with Gasteiger partial charge in [-0.25, -0.2) is 0 Å². The van der Waals surface area contributed by atoms with Crippen molar-refractivity contribution in [3.63, 3.8) is 0 Å². The molecule has 0 spiro atoms. The number of rotatable bonds is 2. The maximum Gasteiger partial charge on any atom is 0.0139 e. The lowest BCUT2D eigenvalue weighted by Crippen LogP contribution is -2.01. The maximum absolute atomic E-state index is 5.46. The molecule has 0 aliphatic heterocycles. The van der Waals surface area contributed by atoms with Crippen molar-refractivity contribution >= 4 is 0 Å². The minimum absolute atomic E-state index is 0.662. The molecule has 0 aliphatic rings. The van der Waals surface area contributed by atoms with Crippen molar-refractivity contribution in [3.8, 4) is 0 Å². The van der Waals surface area contributed by atoms with Gasteiger partial charge in [-0.05, 0) is 27.7 Å². The molecule has 0 heterocycles. The van der Waals surface area contributed by atoms with Gasteiger partial charge in [0.2, 0.25) is 0 Å². The van der Waals surface area contributed by atoms with Gasteiger partial charge >= 0.3 is 0 Å². The first-order valence-corrected chi connectivity index (χ1v) is 3.59. The Morgan fingerprint density at radius 2 is 1.70 bits per heavy atom. The van der Waals surface area contributed by atoms with E-state index in [4.69, 9.17) is 5.73 Å². The second-order valence-corrected chi connectivity index (χ2v) is 2.89. The molecule has 0 rings (SSSR count). The smallest absolute Gasteiger partial charge is 0.0139 e. The summed E-state index contributed by atoms with van der Waals surface area (Å²) in [6.45, 7) is 9.00. The monoisotopic (exact) mass is 139 g/mol. The highest BCUT2D eigenvalue weighted by molar-refractivity contribution is 5.25. The Hall–Kier alpha value is -0.560. The Morgan fingerprint density at radius 1 is 1.20 bits per heavy atom. The fourth-order valence-corrected chi connectivity index (χ4v) is 0.717. The van der Waals surface area contributed by atoms with Gasteiger partial charge in [-0.3, -0.25) is 0 Å². The molecule has 0 aliphatic carbocycles. The van der Waals surface area contributed by atoms with Crippen LogP contribution in [0.1, 0.15) is 27.7 Å². The van der Waals surface area contributed by atoms with E-state index >= 15 is 0 Å². The zero-order valence-electron chi connectivity index (χ0n) is 7.36. The molecule has 58 valence electrons.